The minimum Gasteiger partial charge on any atom is -0.497 e. The van der Waals surface area contributed by atoms with E-state index in [1.54, 1.807) is 7.11 Å². The van der Waals surface area contributed by atoms with E-state index in [1.165, 1.54) is 12.0 Å². The van der Waals surface area contributed by atoms with Crippen LogP contribution in [0.1, 0.15) is 31.7 Å². The molecule has 1 aromatic rings. The van der Waals surface area contributed by atoms with Gasteiger partial charge in [0.1, 0.15) is 5.75 Å². The highest BCUT2D eigenvalue weighted by molar-refractivity contribution is 5.30. The lowest BCUT2D eigenvalue weighted by Gasteiger charge is -2.17. The van der Waals surface area contributed by atoms with E-state index >= 15 is 0 Å². The highest BCUT2D eigenvalue weighted by Gasteiger charge is 2.30. The Morgan fingerprint density at radius 2 is 1.93 bits per heavy atom. The van der Waals surface area contributed by atoms with Gasteiger partial charge in [0, 0.05) is 12.1 Å². The zero-order chi connectivity index (χ0) is 10.9. The Balaban J connectivity index is 2.11. The summed E-state index contributed by atoms with van der Waals surface area (Å²) < 4.78 is 5.16. The second-order valence-electron chi connectivity index (χ2n) is 4.94. The third-order valence-corrected chi connectivity index (χ3v) is 3.17. The van der Waals surface area contributed by atoms with E-state index in [-0.39, 0.29) is 5.54 Å². The molecule has 0 saturated carbocycles. The first kappa shape index (κ1) is 10.5. The molecular weight excluding hydrogens is 186 g/mol. The quantitative estimate of drug-likeness (QED) is 0.801. The smallest absolute Gasteiger partial charge is 0.118 e. The molecule has 82 valence electrons. The van der Waals surface area contributed by atoms with E-state index in [2.05, 4.69) is 31.3 Å². The maximum absolute atomic E-state index is 5.16. The van der Waals surface area contributed by atoms with Gasteiger partial charge in [-0.3, -0.25) is 0 Å². The largest absolute Gasteiger partial charge is 0.497 e. The van der Waals surface area contributed by atoms with E-state index in [4.69, 9.17) is 4.74 Å². The summed E-state index contributed by atoms with van der Waals surface area (Å²) in [6.45, 7) is 5.60. The summed E-state index contributed by atoms with van der Waals surface area (Å²) in [4.78, 5) is 0. The molecule has 1 atom stereocenters. The van der Waals surface area contributed by atoms with Crippen molar-refractivity contribution in [3.63, 3.8) is 0 Å². The molecule has 1 aliphatic heterocycles. The molecule has 0 aliphatic carbocycles. The van der Waals surface area contributed by atoms with Crippen molar-refractivity contribution in [2.24, 2.45) is 0 Å². The summed E-state index contributed by atoms with van der Waals surface area (Å²) in [6.07, 6.45) is 1.21. The number of rotatable bonds is 2. The molecule has 1 saturated heterocycles. The van der Waals surface area contributed by atoms with Crippen molar-refractivity contribution in [3.8, 4) is 5.75 Å². The minimum absolute atomic E-state index is 0.282. The molecule has 0 spiro atoms. The Hall–Kier alpha value is -1.02. The Kier molecular flexibility index (Phi) is 2.70. The van der Waals surface area contributed by atoms with Gasteiger partial charge in [0.05, 0.1) is 7.11 Å². The normalized spacial score (nSPS) is 24.1. The van der Waals surface area contributed by atoms with Crippen molar-refractivity contribution in [1.82, 2.24) is 5.32 Å². The Labute approximate surface area is 91.6 Å². The second kappa shape index (κ2) is 3.86. The highest BCUT2D eigenvalue weighted by Crippen LogP contribution is 2.31. The molecule has 2 nitrogen and oxygen atoms in total. The lowest BCUT2D eigenvalue weighted by molar-refractivity contribution is 0.414. The van der Waals surface area contributed by atoms with Crippen LogP contribution in [0.5, 0.6) is 5.75 Å². The van der Waals surface area contributed by atoms with Gasteiger partial charge >= 0.3 is 0 Å². The summed E-state index contributed by atoms with van der Waals surface area (Å²) in [5.74, 6) is 1.58. The van der Waals surface area contributed by atoms with Gasteiger partial charge in [0.25, 0.3) is 0 Å². The topological polar surface area (TPSA) is 21.3 Å². The van der Waals surface area contributed by atoms with Crippen molar-refractivity contribution in [3.05, 3.63) is 29.8 Å². The van der Waals surface area contributed by atoms with Crippen LogP contribution in [0, 0.1) is 0 Å². The van der Waals surface area contributed by atoms with Crippen LogP contribution in [0.15, 0.2) is 24.3 Å². The third kappa shape index (κ3) is 2.32. The number of nitrogens with one attached hydrogen (secondary N) is 1. The first-order valence-corrected chi connectivity index (χ1v) is 5.50. The maximum atomic E-state index is 5.16. The van der Waals surface area contributed by atoms with E-state index in [1.807, 2.05) is 12.1 Å². The molecule has 1 unspecified atom stereocenters. The van der Waals surface area contributed by atoms with Crippen molar-refractivity contribution >= 4 is 0 Å². The van der Waals surface area contributed by atoms with Gasteiger partial charge < -0.3 is 10.1 Å². The van der Waals surface area contributed by atoms with Gasteiger partial charge in [-0.05, 0) is 43.9 Å². The fraction of sp³-hybridized carbons (Fsp3) is 0.538. The van der Waals surface area contributed by atoms with Gasteiger partial charge in [-0.1, -0.05) is 12.1 Å². The van der Waals surface area contributed by atoms with Crippen molar-refractivity contribution < 1.29 is 4.74 Å². The molecule has 1 heterocycles. The summed E-state index contributed by atoms with van der Waals surface area (Å²) in [6, 6.07) is 8.43. The SMILES string of the molecule is COc1ccc(C2CNC(C)(C)C2)cc1. The lowest BCUT2D eigenvalue weighted by atomic mass is 9.91. The molecule has 0 radical (unpaired) electrons. The maximum Gasteiger partial charge on any atom is 0.118 e. The molecule has 1 aromatic carbocycles. The molecule has 1 fully saturated rings. The number of methoxy groups -OCH3 is 1. The number of benzene rings is 1. The Morgan fingerprint density at radius 1 is 1.27 bits per heavy atom. The number of ether oxygens (including phenoxy) is 1. The highest BCUT2D eigenvalue weighted by atomic mass is 16.5. The van der Waals surface area contributed by atoms with Gasteiger partial charge in [-0.15, -0.1) is 0 Å². The second-order valence-corrected chi connectivity index (χ2v) is 4.94. The Bertz CT molecular complexity index is 329. The summed E-state index contributed by atoms with van der Waals surface area (Å²) >= 11 is 0. The molecule has 2 rings (SSSR count). The van der Waals surface area contributed by atoms with Gasteiger partial charge in [0.2, 0.25) is 0 Å². The van der Waals surface area contributed by atoms with Gasteiger partial charge in [-0.25, -0.2) is 0 Å². The van der Waals surface area contributed by atoms with Crippen LogP contribution in [-0.4, -0.2) is 19.2 Å². The van der Waals surface area contributed by atoms with Crippen molar-refractivity contribution in [1.29, 1.82) is 0 Å². The molecule has 1 aliphatic rings. The molecule has 0 amide bonds. The van der Waals surface area contributed by atoms with Crippen LogP contribution in [0.3, 0.4) is 0 Å². The summed E-state index contributed by atoms with van der Waals surface area (Å²) in [5.41, 5.74) is 1.69. The van der Waals surface area contributed by atoms with E-state index in [0.717, 1.165) is 12.3 Å². The van der Waals surface area contributed by atoms with E-state index in [9.17, 15) is 0 Å². The fourth-order valence-electron chi connectivity index (χ4n) is 2.27. The third-order valence-electron chi connectivity index (χ3n) is 3.17. The van der Waals surface area contributed by atoms with Crippen molar-refractivity contribution in [2.75, 3.05) is 13.7 Å². The van der Waals surface area contributed by atoms with Crippen molar-refractivity contribution in [2.45, 2.75) is 31.7 Å². The standard InChI is InChI=1S/C13H19NO/c1-13(2)8-11(9-14-13)10-4-6-12(15-3)7-5-10/h4-7,11,14H,8-9H2,1-3H3. The minimum atomic E-state index is 0.282. The number of hydrogen-bond acceptors (Lipinski definition) is 2. The van der Waals surface area contributed by atoms with E-state index in [0.29, 0.717) is 5.92 Å². The molecular formula is C13H19NO. The average molecular weight is 205 g/mol. The average Bonchev–Trinajstić information content (AvgIpc) is 2.59. The molecule has 1 N–H and O–H groups in total. The monoisotopic (exact) mass is 205 g/mol. The Morgan fingerprint density at radius 3 is 2.40 bits per heavy atom. The fourth-order valence-corrected chi connectivity index (χ4v) is 2.27. The molecule has 15 heavy (non-hydrogen) atoms. The first-order valence-electron chi connectivity index (χ1n) is 5.50. The predicted molar refractivity (Wildman–Crippen MR) is 62.4 cm³/mol. The van der Waals surface area contributed by atoms with Crippen LogP contribution in [0.4, 0.5) is 0 Å². The first-order chi connectivity index (χ1) is 7.11. The predicted octanol–water partition coefficient (Wildman–Crippen LogP) is 2.55. The van der Waals surface area contributed by atoms with Gasteiger partial charge in [0.15, 0.2) is 0 Å². The van der Waals surface area contributed by atoms with E-state index < -0.39 is 0 Å². The van der Waals surface area contributed by atoms with Crippen LogP contribution < -0.4 is 10.1 Å². The zero-order valence-electron chi connectivity index (χ0n) is 9.71. The van der Waals surface area contributed by atoms with Gasteiger partial charge in [-0.2, -0.15) is 0 Å². The summed E-state index contributed by atoms with van der Waals surface area (Å²) in [5, 5.41) is 3.54. The summed E-state index contributed by atoms with van der Waals surface area (Å²) in [7, 11) is 1.70. The van der Waals surface area contributed by atoms with Crippen LogP contribution in [0.2, 0.25) is 0 Å². The number of hydrogen-bond donors (Lipinski definition) is 1. The zero-order valence-corrected chi connectivity index (χ0v) is 9.71. The van der Waals surface area contributed by atoms with Crippen LogP contribution in [0.25, 0.3) is 0 Å². The van der Waals surface area contributed by atoms with Crippen LogP contribution in [-0.2, 0) is 0 Å². The molecule has 0 aromatic heterocycles. The lowest BCUT2D eigenvalue weighted by Crippen LogP contribution is -2.31. The molecule has 2 heteroatoms. The molecule has 0 bridgehead atoms. The van der Waals surface area contributed by atoms with Crippen LogP contribution >= 0.6 is 0 Å².